The average Bonchev–Trinajstić information content (AvgIpc) is 2.29. The number of rotatable bonds is 4. The fourth-order valence-corrected chi connectivity index (χ4v) is 1.21. The van der Waals surface area contributed by atoms with Crippen LogP contribution in [-0.2, 0) is 4.79 Å². The van der Waals surface area contributed by atoms with Crippen molar-refractivity contribution in [2.24, 2.45) is 5.41 Å². The molecule has 1 amide bonds. The number of carboxylic acids is 1. The Labute approximate surface area is 104 Å². The third-order valence-corrected chi connectivity index (χ3v) is 2.57. The van der Waals surface area contributed by atoms with Crippen LogP contribution < -0.4 is 11.1 Å². The van der Waals surface area contributed by atoms with Gasteiger partial charge in [-0.15, -0.1) is 0 Å². The molecular weight excluding hydrogens is 239 g/mol. The third-order valence-electron chi connectivity index (χ3n) is 2.57. The first kappa shape index (κ1) is 14.0. The Morgan fingerprint density at radius 3 is 2.61 bits per heavy atom. The maximum atomic E-state index is 13.1. The van der Waals surface area contributed by atoms with Crippen molar-refractivity contribution in [2.75, 3.05) is 12.3 Å². The Balaban J connectivity index is 2.78. The number of hydrogen-bond acceptors (Lipinski definition) is 3. The molecule has 18 heavy (non-hydrogen) atoms. The molecule has 0 saturated carbocycles. The molecule has 4 N–H and O–H groups in total. The fraction of sp³-hybridized carbons (Fsp3) is 0.333. The highest BCUT2D eigenvalue weighted by atomic mass is 19.1. The van der Waals surface area contributed by atoms with E-state index in [2.05, 4.69) is 5.32 Å². The van der Waals surface area contributed by atoms with E-state index in [4.69, 9.17) is 10.8 Å². The van der Waals surface area contributed by atoms with Gasteiger partial charge in [0.1, 0.15) is 5.82 Å². The number of amides is 1. The van der Waals surface area contributed by atoms with Gasteiger partial charge in [-0.1, -0.05) is 6.07 Å². The van der Waals surface area contributed by atoms with Crippen LogP contribution in [-0.4, -0.2) is 23.5 Å². The van der Waals surface area contributed by atoms with Crippen LogP contribution in [0.15, 0.2) is 18.2 Å². The Morgan fingerprint density at radius 2 is 2.06 bits per heavy atom. The number of halogens is 1. The van der Waals surface area contributed by atoms with E-state index in [1.807, 2.05) is 0 Å². The minimum atomic E-state index is -1.10. The van der Waals surface area contributed by atoms with E-state index < -0.39 is 23.1 Å². The summed E-state index contributed by atoms with van der Waals surface area (Å²) >= 11 is 0. The van der Waals surface area contributed by atoms with Crippen molar-refractivity contribution in [1.29, 1.82) is 0 Å². The zero-order chi connectivity index (χ0) is 13.9. The minimum absolute atomic E-state index is 0.00353. The lowest BCUT2D eigenvalue weighted by molar-refractivity contribution is -0.146. The highest BCUT2D eigenvalue weighted by Crippen LogP contribution is 2.17. The molecule has 6 heteroatoms. The van der Waals surface area contributed by atoms with Crippen molar-refractivity contribution < 1.29 is 19.1 Å². The molecule has 0 bridgehead atoms. The van der Waals surface area contributed by atoms with Gasteiger partial charge >= 0.3 is 5.97 Å². The van der Waals surface area contributed by atoms with Gasteiger partial charge in [-0.3, -0.25) is 9.59 Å². The SMILES string of the molecule is CC(C)(CNC(=O)c1cccc(F)c1N)C(=O)O. The van der Waals surface area contributed by atoms with Crippen molar-refractivity contribution in [3.63, 3.8) is 0 Å². The molecule has 0 heterocycles. The van der Waals surface area contributed by atoms with Crippen molar-refractivity contribution in [3.8, 4) is 0 Å². The van der Waals surface area contributed by atoms with Gasteiger partial charge in [0.05, 0.1) is 16.7 Å². The fourth-order valence-electron chi connectivity index (χ4n) is 1.21. The van der Waals surface area contributed by atoms with Crippen LogP contribution >= 0.6 is 0 Å². The Bertz CT molecular complexity index is 486. The summed E-state index contributed by atoms with van der Waals surface area (Å²) in [5.41, 5.74) is 4.08. The zero-order valence-corrected chi connectivity index (χ0v) is 10.2. The molecule has 1 aromatic carbocycles. The number of hydrogen-bond donors (Lipinski definition) is 3. The number of anilines is 1. The molecule has 0 aromatic heterocycles. The number of benzene rings is 1. The monoisotopic (exact) mass is 254 g/mol. The second-order valence-electron chi connectivity index (χ2n) is 4.57. The van der Waals surface area contributed by atoms with Gasteiger partial charge in [0.25, 0.3) is 5.91 Å². The van der Waals surface area contributed by atoms with Gasteiger partial charge in [0, 0.05) is 6.54 Å². The summed E-state index contributed by atoms with van der Waals surface area (Å²) in [5, 5.41) is 11.3. The highest BCUT2D eigenvalue weighted by Gasteiger charge is 2.28. The molecular formula is C12H15FN2O3. The summed E-state index contributed by atoms with van der Waals surface area (Å²) < 4.78 is 13.1. The van der Waals surface area contributed by atoms with Crippen molar-refractivity contribution in [3.05, 3.63) is 29.6 Å². The lowest BCUT2D eigenvalue weighted by Crippen LogP contribution is -2.39. The minimum Gasteiger partial charge on any atom is -0.481 e. The molecule has 1 rings (SSSR count). The lowest BCUT2D eigenvalue weighted by Gasteiger charge is -2.19. The van der Waals surface area contributed by atoms with Crippen LogP contribution in [0.3, 0.4) is 0 Å². The van der Waals surface area contributed by atoms with E-state index in [1.165, 1.54) is 26.0 Å². The van der Waals surface area contributed by atoms with Gasteiger partial charge in [-0.2, -0.15) is 0 Å². The molecule has 0 fully saturated rings. The second kappa shape index (κ2) is 5.03. The molecule has 5 nitrogen and oxygen atoms in total. The normalized spacial score (nSPS) is 11.1. The first-order chi connectivity index (χ1) is 8.25. The number of nitrogen functional groups attached to an aromatic ring is 1. The number of aliphatic carboxylic acids is 1. The Kier molecular flexibility index (Phi) is 3.90. The van der Waals surface area contributed by atoms with Crippen LogP contribution in [0.5, 0.6) is 0 Å². The zero-order valence-electron chi connectivity index (χ0n) is 10.2. The van der Waals surface area contributed by atoms with Crippen molar-refractivity contribution in [2.45, 2.75) is 13.8 Å². The van der Waals surface area contributed by atoms with Gasteiger partial charge in [-0.25, -0.2) is 4.39 Å². The smallest absolute Gasteiger partial charge is 0.310 e. The molecule has 0 radical (unpaired) electrons. The van der Waals surface area contributed by atoms with Crippen molar-refractivity contribution >= 4 is 17.6 Å². The lowest BCUT2D eigenvalue weighted by atomic mass is 9.94. The van der Waals surface area contributed by atoms with Gasteiger partial charge in [-0.05, 0) is 26.0 Å². The number of carboxylic acid groups (broad SMARTS) is 1. The highest BCUT2D eigenvalue weighted by molar-refractivity contribution is 5.99. The Hall–Kier alpha value is -2.11. The van der Waals surface area contributed by atoms with Gasteiger partial charge < -0.3 is 16.2 Å². The quantitative estimate of drug-likeness (QED) is 0.705. The number of carbonyl (C=O) groups is 2. The van der Waals surface area contributed by atoms with Crippen molar-refractivity contribution in [1.82, 2.24) is 5.32 Å². The van der Waals surface area contributed by atoms with Gasteiger partial charge in [0.2, 0.25) is 0 Å². The molecule has 0 aliphatic rings. The molecule has 0 aliphatic carbocycles. The largest absolute Gasteiger partial charge is 0.481 e. The number of nitrogens with two attached hydrogens (primary N) is 1. The number of para-hydroxylation sites is 1. The summed E-state index contributed by atoms with van der Waals surface area (Å²) in [5.74, 6) is -2.31. The topological polar surface area (TPSA) is 92.4 Å². The molecule has 0 saturated heterocycles. The Morgan fingerprint density at radius 1 is 1.44 bits per heavy atom. The van der Waals surface area contributed by atoms with Crippen LogP contribution in [0.25, 0.3) is 0 Å². The predicted molar refractivity (Wildman–Crippen MR) is 64.6 cm³/mol. The first-order valence-corrected chi connectivity index (χ1v) is 5.31. The van der Waals surface area contributed by atoms with E-state index in [9.17, 15) is 14.0 Å². The molecule has 0 aliphatic heterocycles. The summed E-state index contributed by atoms with van der Waals surface area (Å²) in [7, 11) is 0. The maximum Gasteiger partial charge on any atom is 0.310 e. The third kappa shape index (κ3) is 2.97. The maximum absolute atomic E-state index is 13.1. The first-order valence-electron chi connectivity index (χ1n) is 5.31. The number of carbonyl (C=O) groups excluding carboxylic acids is 1. The molecule has 0 unspecified atom stereocenters. The molecule has 0 atom stereocenters. The van der Waals surface area contributed by atoms with E-state index >= 15 is 0 Å². The standard InChI is InChI=1S/C12H15FN2O3/c1-12(2,11(17)18)6-15-10(16)7-4-3-5-8(13)9(7)14/h3-5H,6,14H2,1-2H3,(H,15,16)(H,17,18). The van der Waals surface area contributed by atoms with E-state index in [-0.39, 0.29) is 17.8 Å². The van der Waals surface area contributed by atoms with Crippen LogP contribution in [0, 0.1) is 11.2 Å². The second-order valence-corrected chi connectivity index (χ2v) is 4.57. The average molecular weight is 254 g/mol. The van der Waals surface area contributed by atoms with E-state index in [1.54, 1.807) is 0 Å². The molecule has 1 aromatic rings. The van der Waals surface area contributed by atoms with Crippen LogP contribution in [0.4, 0.5) is 10.1 Å². The van der Waals surface area contributed by atoms with E-state index in [0.29, 0.717) is 0 Å². The predicted octanol–water partition coefficient (Wildman–Crippen LogP) is 1.25. The summed E-state index contributed by atoms with van der Waals surface area (Å²) in [4.78, 5) is 22.6. The summed E-state index contributed by atoms with van der Waals surface area (Å²) in [6.07, 6.45) is 0. The molecule has 98 valence electrons. The van der Waals surface area contributed by atoms with Crippen LogP contribution in [0.2, 0.25) is 0 Å². The number of nitrogens with one attached hydrogen (secondary N) is 1. The van der Waals surface area contributed by atoms with Crippen LogP contribution in [0.1, 0.15) is 24.2 Å². The van der Waals surface area contributed by atoms with Gasteiger partial charge in [0.15, 0.2) is 0 Å². The van der Waals surface area contributed by atoms with E-state index in [0.717, 1.165) is 6.07 Å². The summed E-state index contributed by atoms with van der Waals surface area (Å²) in [6, 6.07) is 3.89. The summed E-state index contributed by atoms with van der Waals surface area (Å²) in [6.45, 7) is 2.88. The molecule has 0 spiro atoms.